The number of hydrazone groups is 1. The maximum Gasteiger partial charge on any atom is 0.353 e. The number of allylic oxidation sites excluding steroid dienone is 1. The van der Waals surface area contributed by atoms with E-state index in [9.17, 15) is 24.7 Å². The van der Waals surface area contributed by atoms with Crippen molar-refractivity contribution in [1.29, 1.82) is 0 Å². The van der Waals surface area contributed by atoms with E-state index in [2.05, 4.69) is 15.4 Å². The average Bonchev–Trinajstić information content (AvgIpc) is 2.86. The molecule has 4 heterocycles. The fourth-order valence-electron chi connectivity index (χ4n) is 3.65. The Balaban J connectivity index is 1.49. The third-order valence-electron chi connectivity index (χ3n) is 5.25. The Hall–Kier alpha value is -2.76. The van der Waals surface area contributed by atoms with Gasteiger partial charge in [-0.3, -0.25) is 14.5 Å². The van der Waals surface area contributed by atoms with Crippen molar-refractivity contribution in [3.63, 3.8) is 0 Å². The maximum atomic E-state index is 13.0. The zero-order chi connectivity index (χ0) is 25.8. The van der Waals surface area contributed by atoms with Gasteiger partial charge in [-0.25, -0.2) is 14.2 Å². The molecule has 4 rings (SSSR count). The van der Waals surface area contributed by atoms with Gasteiger partial charge in [-0.05, 0) is 30.2 Å². The molecule has 1 fully saturated rings. The lowest BCUT2D eigenvalue weighted by Gasteiger charge is -2.49. The summed E-state index contributed by atoms with van der Waals surface area (Å²) in [6.07, 6.45) is 4.27. The number of carboxylic acid groups (broad SMARTS) is 1. The number of nitrogen functional groups attached to an aromatic ring is 1. The van der Waals surface area contributed by atoms with E-state index >= 15 is 0 Å². The number of aromatic nitrogens is 1. The Bertz CT molecular complexity index is 1150. The molecule has 8 N–H and O–H groups in total. The summed E-state index contributed by atoms with van der Waals surface area (Å²) in [7, 11) is 0. The topological polar surface area (TPSA) is 200 Å². The number of carbonyl (C=O) groups excluding carboxylic acids is 2. The number of thioether (sulfide) groups is 2. The zero-order valence-electron chi connectivity index (χ0n) is 18.7. The Kier molecular flexibility index (Phi) is 8.43. The minimum Gasteiger partial charge on any atom is -0.477 e. The van der Waals surface area contributed by atoms with Crippen LogP contribution in [0.25, 0.3) is 0 Å². The number of carboxylic acids is 1. The molecule has 0 aromatic carbocycles. The largest absolute Gasteiger partial charge is 0.477 e. The number of nitrogens with zero attached hydrogens (tertiary/aromatic N) is 4. The predicted molar refractivity (Wildman–Crippen MR) is 138 cm³/mol. The minimum atomic E-state index is -1.26. The van der Waals surface area contributed by atoms with Gasteiger partial charge in [0.15, 0.2) is 6.04 Å². The van der Waals surface area contributed by atoms with Crippen molar-refractivity contribution >= 4 is 65.3 Å². The quantitative estimate of drug-likeness (QED) is 0.131. The van der Waals surface area contributed by atoms with Crippen LogP contribution in [0.1, 0.15) is 18.2 Å². The Morgan fingerprint density at radius 2 is 2.17 bits per heavy atom. The molecule has 3 aliphatic heterocycles. The lowest BCUT2D eigenvalue weighted by Crippen LogP contribution is -2.71. The standard InChI is InChI=1S/C20H24N8O5S3/c21-6-8-35-28-13(5-2-7-23-28)36-11-9-34-19-15(18(30)27(19)16(11)20(31)32)25-17(29)14(26-33)10-3-1-4-12(22)24-10/h1,3-5,7,14-15,19,26,33H,2,6,8-9,21H2,(H2,22,24)(H,25,29)(H,31,32)/t14?,15-,19+/m1/s1. The van der Waals surface area contributed by atoms with Crippen LogP contribution in [-0.4, -0.2) is 78.1 Å². The third kappa shape index (κ3) is 5.33. The number of hydrogen-bond acceptors (Lipinski definition) is 13. The van der Waals surface area contributed by atoms with Gasteiger partial charge < -0.3 is 27.1 Å². The zero-order valence-corrected chi connectivity index (χ0v) is 21.2. The first-order chi connectivity index (χ1) is 17.3. The van der Waals surface area contributed by atoms with Crippen molar-refractivity contribution in [1.82, 2.24) is 25.1 Å². The maximum absolute atomic E-state index is 13.0. The number of fused-ring (bicyclic) bond motifs is 1. The van der Waals surface area contributed by atoms with Gasteiger partial charge in [-0.15, -0.1) is 11.8 Å². The van der Waals surface area contributed by atoms with Crippen LogP contribution in [0.4, 0.5) is 5.82 Å². The second-order valence-electron chi connectivity index (χ2n) is 7.60. The van der Waals surface area contributed by atoms with Crippen molar-refractivity contribution in [2.75, 3.05) is 23.8 Å². The lowest BCUT2D eigenvalue weighted by atomic mass is 10.0. The van der Waals surface area contributed by atoms with Gasteiger partial charge >= 0.3 is 5.97 Å². The average molecular weight is 553 g/mol. The van der Waals surface area contributed by atoms with E-state index in [1.165, 1.54) is 52.5 Å². The molecule has 1 unspecified atom stereocenters. The molecule has 0 bridgehead atoms. The van der Waals surface area contributed by atoms with Crippen LogP contribution < -0.4 is 22.3 Å². The minimum absolute atomic E-state index is 0.118. The van der Waals surface area contributed by atoms with Gasteiger partial charge in [-0.1, -0.05) is 17.8 Å². The first-order valence-corrected chi connectivity index (χ1v) is 13.5. The fraction of sp³-hybridized carbons (Fsp3) is 0.350. The van der Waals surface area contributed by atoms with Crippen LogP contribution in [0, 0.1) is 0 Å². The van der Waals surface area contributed by atoms with Crippen molar-refractivity contribution in [3.8, 4) is 0 Å². The van der Waals surface area contributed by atoms with Crippen molar-refractivity contribution < 1.29 is 24.7 Å². The van der Waals surface area contributed by atoms with E-state index < -0.39 is 35.2 Å². The second kappa shape index (κ2) is 11.5. The van der Waals surface area contributed by atoms with E-state index in [-0.39, 0.29) is 17.2 Å². The molecule has 3 aliphatic rings. The van der Waals surface area contributed by atoms with Gasteiger partial charge in [0, 0.05) is 35.6 Å². The van der Waals surface area contributed by atoms with E-state index in [0.717, 1.165) is 5.03 Å². The smallest absolute Gasteiger partial charge is 0.353 e. The van der Waals surface area contributed by atoms with Gasteiger partial charge in [0.2, 0.25) is 5.91 Å². The van der Waals surface area contributed by atoms with Crippen molar-refractivity contribution in [2.24, 2.45) is 10.8 Å². The SMILES string of the molecule is NCCSN1N=CCC=C1SC1=C(C(=O)O)N2C(=O)[C@@H](NC(=O)C(NO)c3cccc(N)n3)[C@@H]2SC1. The van der Waals surface area contributed by atoms with Crippen LogP contribution in [0.2, 0.25) is 0 Å². The monoisotopic (exact) mass is 552 g/mol. The number of anilines is 1. The highest BCUT2D eigenvalue weighted by molar-refractivity contribution is 8.09. The number of β-lactam (4-membered cyclic amide) rings is 1. The molecule has 0 aliphatic carbocycles. The van der Waals surface area contributed by atoms with Crippen LogP contribution >= 0.6 is 35.5 Å². The first kappa shape index (κ1) is 26.3. The summed E-state index contributed by atoms with van der Waals surface area (Å²) < 4.78 is 1.69. The number of nitrogens with two attached hydrogens (primary N) is 2. The number of hydrogen-bond donors (Lipinski definition) is 6. The molecule has 3 atom stereocenters. The summed E-state index contributed by atoms with van der Waals surface area (Å²) in [6.45, 7) is 0.463. The molecule has 1 saturated heterocycles. The Morgan fingerprint density at radius 3 is 2.86 bits per heavy atom. The second-order valence-corrected chi connectivity index (χ2v) is 10.8. The lowest BCUT2D eigenvalue weighted by molar-refractivity contribution is -0.151. The summed E-state index contributed by atoms with van der Waals surface area (Å²) in [4.78, 5) is 43.7. The molecule has 0 saturated carbocycles. The summed E-state index contributed by atoms with van der Waals surface area (Å²) in [5.74, 6) is -1.37. The number of aliphatic carboxylic acids is 1. The fourth-order valence-corrected chi connectivity index (χ4v) is 7.00. The molecular weight excluding hydrogens is 528 g/mol. The number of amides is 2. The van der Waals surface area contributed by atoms with Gasteiger partial charge in [0.1, 0.15) is 28.0 Å². The van der Waals surface area contributed by atoms with Crippen molar-refractivity contribution in [3.05, 3.63) is 45.6 Å². The predicted octanol–water partition coefficient (Wildman–Crippen LogP) is 0.253. The summed E-state index contributed by atoms with van der Waals surface area (Å²) in [6, 6.07) is 2.38. The number of nitrogens with one attached hydrogen (secondary N) is 2. The highest BCUT2D eigenvalue weighted by atomic mass is 32.2. The molecule has 0 radical (unpaired) electrons. The van der Waals surface area contributed by atoms with Gasteiger partial charge in [0.25, 0.3) is 5.91 Å². The molecule has 0 spiro atoms. The van der Waals surface area contributed by atoms with E-state index in [0.29, 0.717) is 29.4 Å². The number of rotatable bonds is 10. The molecule has 192 valence electrons. The van der Waals surface area contributed by atoms with Crippen LogP contribution in [0.5, 0.6) is 0 Å². The molecule has 1 aromatic heterocycles. The summed E-state index contributed by atoms with van der Waals surface area (Å²) in [5.41, 5.74) is 13.2. The van der Waals surface area contributed by atoms with Gasteiger partial charge in [-0.2, -0.15) is 10.6 Å². The Labute approximate surface area is 218 Å². The molecule has 36 heavy (non-hydrogen) atoms. The van der Waals surface area contributed by atoms with Crippen molar-refractivity contribution in [2.45, 2.75) is 23.9 Å². The molecular formula is C20H24N8O5S3. The highest BCUT2D eigenvalue weighted by Gasteiger charge is 2.54. The number of hydroxylamine groups is 1. The number of pyridine rings is 1. The Morgan fingerprint density at radius 1 is 1.36 bits per heavy atom. The van der Waals surface area contributed by atoms with E-state index in [1.54, 1.807) is 16.7 Å². The molecule has 1 aromatic rings. The highest BCUT2D eigenvalue weighted by Crippen LogP contribution is 2.46. The summed E-state index contributed by atoms with van der Waals surface area (Å²) >= 11 is 3.99. The molecule has 16 heteroatoms. The van der Waals surface area contributed by atoms with Crippen LogP contribution in [0.15, 0.2) is 45.0 Å². The van der Waals surface area contributed by atoms with E-state index in [1.807, 2.05) is 11.6 Å². The first-order valence-electron chi connectivity index (χ1n) is 10.7. The normalized spacial score (nSPS) is 22.1. The number of carbonyl (C=O) groups is 3. The van der Waals surface area contributed by atoms with Gasteiger partial charge in [0.05, 0.1) is 5.69 Å². The van der Waals surface area contributed by atoms with Crippen LogP contribution in [-0.2, 0) is 14.4 Å². The van der Waals surface area contributed by atoms with Crippen LogP contribution in [0.3, 0.4) is 0 Å². The third-order valence-corrected chi connectivity index (χ3v) is 8.91. The molecule has 2 amide bonds. The van der Waals surface area contributed by atoms with E-state index in [4.69, 9.17) is 11.5 Å². The molecule has 13 nitrogen and oxygen atoms in total. The summed E-state index contributed by atoms with van der Waals surface area (Å²) in [5, 5.41) is 26.5.